The molecule has 0 unspecified atom stereocenters. The molecular weight excluding hydrogens is 366 g/mol. The van der Waals surface area contributed by atoms with Crippen molar-refractivity contribution in [2.45, 2.75) is 51.2 Å². The Balaban J connectivity index is 1.37. The number of aromatic nitrogens is 3. The fourth-order valence-corrected chi connectivity index (χ4v) is 6.11. The average Bonchev–Trinajstić information content (AvgIpc) is 3.31. The molecule has 2 bridgehead atoms. The van der Waals surface area contributed by atoms with E-state index >= 15 is 0 Å². The van der Waals surface area contributed by atoms with Crippen LogP contribution in [0.5, 0.6) is 0 Å². The molecule has 3 N–H and O–H groups in total. The van der Waals surface area contributed by atoms with Crippen LogP contribution >= 0.6 is 23.1 Å². The Morgan fingerprint density at radius 3 is 2.88 bits per heavy atom. The fourth-order valence-electron chi connectivity index (χ4n) is 4.74. The molecule has 2 aliphatic carbocycles. The zero-order valence-corrected chi connectivity index (χ0v) is 17.0. The number of thiophene rings is 1. The lowest BCUT2D eigenvalue weighted by molar-refractivity contribution is -0.120. The predicted molar refractivity (Wildman–Crippen MR) is 105 cm³/mol. The Morgan fingerprint density at radius 2 is 2.27 bits per heavy atom. The standard InChI is InChI=1S/C18H25N5OS2/c1-17(2)11-6-7-18(17,3)13(9-11)20-14(24)10-26-16-22-21-15(23(16)19)12-5-4-8-25-12/h4-5,8,11,13H,6-7,9-10,19H2,1-3H3,(H,20,24)/t11-,13-,18-/m0/s1. The SMILES string of the molecule is CC1(C)[C@H]2CC[C@@]1(C)[C@@H](NC(=O)CSc1nnc(-c3cccs3)n1N)C2. The number of hydrogen-bond acceptors (Lipinski definition) is 6. The summed E-state index contributed by atoms with van der Waals surface area (Å²) in [5.41, 5.74) is 0.489. The topological polar surface area (TPSA) is 85.8 Å². The minimum Gasteiger partial charge on any atom is -0.352 e. The van der Waals surface area contributed by atoms with Gasteiger partial charge in [0.25, 0.3) is 0 Å². The third kappa shape index (κ3) is 2.65. The van der Waals surface area contributed by atoms with E-state index in [4.69, 9.17) is 5.84 Å². The van der Waals surface area contributed by atoms with Crippen LogP contribution in [0.15, 0.2) is 22.7 Å². The lowest BCUT2D eigenvalue weighted by Gasteiger charge is -2.39. The summed E-state index contributed by atoms with van der Waals surface area (Å²) in [6.07, 6.45) is 3.58. The summed E-state index contributed by atoms with van der Waals surface area (Å²) in [7, 11) is 0. The number of fused-ring (bicyclic) bond motifs is 2. The van der Waals surface area contributed by atoms with Crippen LogP contribution in [0.25, 0.3) is 10.7 Å². The van der Waals surface area contributed by atoms with E-state index in [0.29, 0.717) is 28.1 Å². The van der Waals surface area contributed by atoms with E-state index in [2.05, 4.69) is 36.3 Å². The summed E-state index contributed by atoms with van der Waals surface area (Å²) in [6, 6.07) is 4.17. The van der Waals surface area contributed by atoms with E-state index in [1.165, 1.54) is 29.3 Å². The van der Waals surface area contributed by atoms with Gasteiger partial charge in [-0.15, -0.1) is 21.5 Å². The van der Waals surface area contributed by atoms with Gasteiger partial charge in [0.15, 0.2) is 5.82 Å². The fraction of sp³-hybridized carbons (Fsp3) is 0.611. The van der Waals surface area contributed by atoms with Crippen molar-refractivity contribution in [2.75, 3.05) is 11.6 Å². The Kier molecular flexibility index (Phi) is 4.30. The maximum absolute atomic E-state index is 12.5. The molecule has 2 aliphatic rings. The molecule has 2 aromatic heterocycles. The number of rotatable bonds is 5. The van der Waals surface area contributed by atoms with Gasteiger partial charge in [0.05, 0.1) is 10.6 Å². The summed E-state index contributed by atoms with van der Waals surface area (Å²) in [5, 5.41) is 14.1. The van der Waals surface area contributed by atoms with Crippen molar-refractivity contribution in [3.63, 3.8) is 0 Å². The normalized spacial score (nSPS) is 29.2. The number of nitrogens with two attached hydrogens (primary N) is 1. The van der Waals surface area contributed by atoms with Gasteiger partial charge >= 0.3 is 0 Å². The predicted octanol–water partition coefficient (Wildman–Crippen LogP) is 3.14. The summed E-state index contributed by atoms with van der Waals surface area (Å²) in [6.45, 7) is 7.05. The minimum absolute atomic E-state index is 0.0465. The van der Waals surface area contributed by atoms with Gasteiger partial charge in [0, 0.05) is 6.04 Å². The second-order valence-corrected chi connectivity index (χ2v) is 10.1. The van der Waals surface area contributed by atoms with E-state index in [1.807, 2.05) is 17.5 Å². The van der Waals surface area contributed by atoms with Crippen LogP contribution in [-0.2, 0) is 4.79 Å². The van der Waals surface area contributed by atoms with E-state index in [0.717, 1.165) is 11.3 Å². The van der Waals surface area contributed by atoms with E-state index < -0.39 is 0 Å². The van der Waals surface area contributed by atoms with E-state index in [1.54, 1.807) is 11.3 Å². The molecule has 0 spiro atoms. The van der Waals surface area contributed by atoms with Crippen molar-refractivity contribution in [1.82, 2.24) is 20.2 Å². The number of carbonyl (C=O) groups excluding carboxylic acids is 1. The molecule has 140 valence electrons. The van der Waals surface area contributed by atoms with Crippen LogP contribution < -0.4 is 11.2 Å². The summed E-state index contributed by atoms with van der Waals surface area (Å²) in [4.78, 5) is 13.5. The second-order valence-electron chi connectivity index (χ2n) is 8.17. The lowest BCUT2D eigenvalue weighted by Crippen LogP contribution is -2.47. The lowest BCUT2D eigenvalue weighted by atomic mass is 9.69. The van der Waals surface area contributed by atoms with Crippen LogP contribution in [0.2, 0.25) is 0 Å². The molecular formula is C18H25N5OS2. The zero-order chi connectivity index (χ0) is 18.5. The van der Waals surface area contributed by atoms with Crippen molar-refractivity contribution in [3.05, 3.63) is 17.5 Å². The van der Waals surface area contributed by atoms with Crippen molar-refractivity contribution in [1.29, 1.82) is 0 Å². The van der Waals surface area contributed by atoms with Crippen molar-refractivity contribution in [3.8, 4) is 10.7 Å². The van der Waals surface area contributed by atoms with Crippen LogP contribution in [0.1, 0.15) is 40.0 Å². The number of carbonyl (C=O) groups is 1. The number of nitrogens with one attached hydrogen (secondary N) is 1. The van der Waals surface area contributed by atoms with Gasteiger partial charge in [-0.1, -0.05) is 38.6 Å². The van der Waals surface area contributed by atoms with Gasteiger partial charge in [-0.05, 0) is 47.5 Å². The molecule has 0 aliphatic heterocycles. The van der Waals surface area contributed by atoms with Gasteiger partial charge < -0.3 is 11.2 Å². The van der Waals surface area contributed by atoms with Gasteiger partial charge in [0.2, 0.25) is 11.1 Å². The molecule has 2 fully saturated rings. The minimum atomic E-state index is 0.0465. The molecule has 26 heavy (non-hydrogen) atoms. The van der Waals surface area contributed by atoms with Gasteiger partial charge in [0.1, 0.15) is 0 Å². The molecule has 4 rings (SSSR count). The molecule has 8 heteroatoms. The van der Waals surface area contributed by atoms with Gasteiger partial charge in [-0.3, -0.25) is 4.79 Å². The number of amides is 1. The van der Waals surface area contributed by atoms with Crippen LogP contribution in [0, 0.1) is 16.7 Å². The highest BCUT2D eigenvalue weighted by atomic mass is 32.2. The number of thioether (sulfide) groups is 1. The highest BCUT2D eigenvalue weighted by Gasteiger charge is 2.61. The first-order chi connectivity index (χ1) is 12.3. The summed E-state index contributed by atoms with van der Waals surface area (Å²) in [5.74, 6) is 7.79. The second kappa shape index (κ2) is 6.27. The number of nitrogen functional groups attached to an aromatic ring is 1. The first-order valence-electron chi connectivity index (χ1n) is 8.99. The highest BCUT2D eigenvalue weighted by Crippen LogP contribution is 2.65. The molecule has 0 aromatic carbocycles. The number of hydrogen-bond donors (Lipinski definition) is 2. The molecule has 2 heterocycles. The van der Waals surface area contributed by atoms with Crippen LogP contribution in [0.4, 0.5) is 0 Å². The first kappa shape index (κ1) is 17.9. The Bertz CT molecular complexity index is 816. The Morgan fingerprint density at radius 1 is 1.46 bits per heavy atom. The average molecular weight is 392 g/mol. The van der Waals surface area contributed by atoms with E-state index in [-0.39, 0.29) is 17.4 Å². The molecule has 0 radical (unpaired) electrons. The van der Waals surface area contributed by atoms with Crippen molar-refractivity contribution in [2.24, 2.45) is 16.7 Å². The van der Waals surface area contributed by atoms with Gasteiger partial charge in [-0.25, -0.2) is 4.68 Å². The molecule has 2 saturated carbocycles. The zero-order valence-electron chi connectivity index (χ0n) is 15.4. The monoisotopic (exact) mass is 391 g/mol. The van der Waals surface area contributed by atoms with E-state index in [9.17, 15) is 4.79 Å². The summed E-state index contributed by atoms with van der Waals surface area (Å²) < 4.78 is 1.46. The Labute approximate surface area is 161 Å². The third-order valence-electron chi connectivity index (χ3n) is 6.87. The van der Waals surface area contributed by atoms with Crippen LogP contribution in [0.3, 0.4) is 0 Å². The maximum Gasteiger partial charge on any atom is 0.230 e. The Hall–Kier alpha value is -1.54. The molecule has 1 amide bonds. The smallest absolute Gasteiger partial charge is 0.230 e. The number of nitrogens with zero attached hydrogens (tertiary/aromatic N) is 3. The first-order valence-corrected chi connectivity index (χ1v) is 10.9. The molecule has 6 nitrogen and oxygen atoms in total. The maximum atomic E-state index is 12.5. The largest absolute Gasteiger partial charge is 0.352 e. The van der Waals surface area contributed by atoms with Crippen molar-refractivity contribution < 1.29 is 4.79 Å². The van der Waals surface area contributed by atoms with Crippen LogP contribution in [-0.4, -0.2) is 32.6 Å². The highest BCUT2D eigenvalue weighted by molar-refractivity contribution is 7.99. The quantitative estimate of drug-likeness (QED) is 0.604. The third-order valence-corrected chi connectivity index (χ3v) is 8.68. The van der Waals surface area contributed by atoms with Gasteiger partial charge in [-0.2, -0.15) is 0 Å². The summed E-state index contributed by atoms with van der Waals surface area (Å²) >= 11 is 2.90. The molecule has 0 saturated heterocycles. The molecule has 3 atom stereocenters. The molecule has 2 aromatic rings. The van der Waals surface area contributed by atoms with Crippen molar-refractivity contribution >= 4 is 29.0 Å².